The first-order valence-electron chi connectivity index (χ1n) is 6.19. The summed E-state index contributed by atoms with van der Waals surface area (Å²) >= 11 is 0. The van der Waals surface area contributed by atoms with Gasteiger partial charge in [0, 0.05) is 11.8 Å². The highest BCUT2D eigenvalue weighted by atomic mass is 16.3. The quantitative estimate of drug-likeness (QED) is 0.703. The molecule has 0 aromatic carbocycles. The van der Waals surface area contributed by atoms with E-state index in [0.717, 1.165) is 25.7 Å². The lowest BCUT2D eigenvalue weighted by Gasteiger charge is -2.27. The Balaban J connectivity index is 2.09. The molecule has 1 saturated carbocycles. The van der Waals surface area contributed by atoms with Gasteiger partial charge in [0.05, 0.1) is 12.1 Å². The molecule has 0 bridgehead atoms. The standard InChI is InChI=1S/C13H18N2O3/c1-9(17)10-6-11(14-7-10)12(18)15-13(8-16)4-2-3-5-13/h6-7,14,16H,2-5,8H2,1H3,(H,15,18). The van der Waals surface area contributed by atoms with Gasteiger partial charge in [0.15, 0.2) is 5.78 Å². The van der Waals surface area contributed by atoms with Crippen LogP contribution in [0, 0.1) is 0 Å². The number of Topliss-reactive ketones (excluding diaryl/α,β-unsaturated/α-hetero) is 1. The maximum Gasteiger partial charge on any atom is 0.268 e. The molecule has 1 aliphatic carbocycles. The second kappa shape index (κ2) is 4.94. The molecular weight excluding hydrogens is 232 g/mol. The summed E-state index contributed by atoms with van der Waals surface area (Å²) in [5.41, 5.74) is 0.364. The minimum atomic E-state index is -0.488. The van der Waals surface area contributed by atoms with Crippen molar-refractivity contribution >= 4 is 11.7 Å². The number of ketones is 1. The van der Waals surface area contributed by atoms with Gasteiger partial charge in [0.2, 0.25) is 0 Å². The van der Waals surface area contributed by atoms with Crippen LogP contribution in [0.1, 0.15) is 53.5 Å². The van der Waals surface area contributed by atoms with Crippen LogP contribution in [0.15, 0.2) is 12.3 Å². The average molecular weight is 250 g/mol. The van der Waals surface area contributed by atoms with Gasteiger partial charge < -0.3 is 15.4 Å². The van der Waals surface area contributed by atoms with Gasteiger partial charge in [-0.05, 0) is 25.8 Å². The van der Waals surface area contributed by atoms with E-state index in [1.807, 2.05) is 0 Å². The van der Waals surface area contributed by atoms with Crippen LogP contribution in [-0.2, 0) is 0 Å². The van der Waals surface area contributed by atoms with Crippen LogP contribution in [0.3, 0.4) is 0 Å². The predicted molar refractivity (Wildman–Crippen MR) is 66.5 cm³/mol. The van der Waals surface area contributed by atoms with Crippen molar-refractivity contribution in [3.8, 4) is 0 Å². The van der Waals surface area contributed by atoms with Crippen LogP contribution < -0.4 is 5.32 Å². The highest BCUT2D eigenvalue weighted by Gasteiger charge is 2.35. The molecule has 1 aromatic rings. The number of nitrogens with one attached hydrogen (secondary N) is 2. The Morgan fingerprint density at radius 3 is 2.61 bits per heavy atom. The number of aliphatic hydroxyl groups is 1. The van der Waals surface area contributed by atoms with Crippen molar-refractivity contribution in [1.82, 2.24) is 10.3 Å². The van der Waals surface area contributed by atoms with Crippen molar-refractivity contribution in [2.24, 2.45) is 0 Å². The fourth-order valence-electron chi connectivity index (χ4n) is 2.41. The number of aliphatic hydroxyl groups excluding tert-OH is 1. The fourth-order valence-corrected chi connectivity index (χ4v) is 2.41. The third-order valence-electron chi connectivity index (χ3n) is 3.58. The van der Waals surface area contributed by atoms with E-state index in [9.17, 15) is 14.7 Å². The Labute approximate surface area is 106 Å². The molecule has 0 aliphatic heterocycles. The SMILES string of the molecule is CC(=O)c1c[nH]c(C(=O)NC2(CO)CCCC2)c1. The van der Waals surface area contributed by atoms with Gasteiger partial charge in [-0.2, -0.15) is 0 Å². The maximum atomic E-state index is 12.0. The summed E-state index contributed by atoms with van der Waals surface area (Å²) in [5, 5.41) is 12.3. The van der Waals surface area contributed by atoms with Gasteiger partial charge in [-0.15, -0.1) is 0 Å². The van der Waals surface area contributed by atoms with Gasteiger partial charge in [-0.1, -0.05) is 12.8 Å². The van der Waals surface area contributed by atoms with Crippen molar-refractivity contribution in [2.75, 3.05) is 6.61 Å². The van der Waals surface area contributed by atoms with Crippen molar-refractivity contribution in [3.05, 3.63) is 23.5 Å². The number of H-pyrrole nitrogens is 1. The summed E-state index contributed by atoms with van der Waals surface area (Å²) < 4.78 is 0. The van der Waals surface area contributed by atoms with Crippen LogP contribution in [0.2, 0.25) is 0 Å². The minimum absolute atomic E-state index is 0.0426. The lowest BCUT2D eigenvalue weighted by atomic mass is 9.99. The largest absolute Gasteiger partial charge is 0.394 e. The van der Waals surface area contributed by atoms with Gasteiger partial charge in [-0.25, -0.2) is 0 Å². The molecule has 1 heterocycles. The number of amides is 1. The molecule has 2 rings (SSSR count). The van der Waals surface area contributed by atoms with E-state index in [1.165, 1.54) is 19.2 Å². The van der Waals surface area contributed by atoms with Crippen molar-refractivity contribution in [2.45, 2.75) is 38.1 Å². The van der Waals surface area contributed by atoms with Gasteiger partial charge >= 0.3 is 0 Å². The number of rotatable bonds is 4. The molecule has 0 radical (unpaired) electrons. The topological polar surface area (TPSA) is 82.2 Å². The lowest BCUT2D eigenvalue weighted by Crippen LogP contribution is -2.49. The second-order valence-electron chi connectivity index (χ2n) is 4.96. The zero-order valence-electron chi connectivity index (χ0n) is 10.5. The first-order chi connectivity index (χ1) is 8.56. The van der Waals surface area contributed by atoms with Crippen LogP contribution in [0.4, 0.5) is 0 Å². The third kappa shape index (κ3) is 2.46. The zero-order valence-corrected chi connectivity index (χ0v) is 10.5. The zero-order chi connectivity index (χ0) is 13.2. The summed E-state index contributed by atoms with van der Waals surface area (Å²) in [6.45, 7) is 1.41. The van der Waals surface area contributed by atoms with E-state index in [-0.39, 0.29) is 18.3 Å². The summed E-state index contributed by atoms with van der Waals surface area (Å²) in [4.78, 5) is 26.0. The minimum Gasteiger partial charge on any atom is -0.394 e. The number of carbonyl (C=O) groups excluding carboxylic acids is 2. The Kier molecular flexibility index (Phi) is 3.52. The molecule has 0 atom stereocenters. The Hall–Kier alpha value is -1.62. The molecule has 5 nitrogen and oxygen atoms in total. The molecule has 0 saturated heterocycles. The van der Waals surface area contributed by atoms with E-state index in [1.54, 1.807) is 0 Å². The van der Waals surface area contributed by atoms with E-state index < -0.39 is 5.54 Å². The molecule has 5 heteroatoms. The number of hydrogen-bond acceptors (Lipinski definition) is 3. The van der Waals surface area contributed by atoms with Crippen LogP contribution in [-0.4, -0.2) is 33.9 Å². The van der Waals surface area contributed by atoms with Crippen LogP contribution in [0.5, 0.6) is 0 Å². The molecular formula is C13H18N2O3. The normalized spacial score (nSPS) is 17.7. The molecule has 1 aliphatic rings. The predicted octanol–water partition coefficient (Wildman–Crippen LogP) is 1.25. The summed E-state index contributed by atoms with van der Waals surface area (Å²) in [6.07, 6.45) is 5.16. The molecule has 3 N–H and O–H groups in total. The molecule has 98 valence electrons. The maximum absolute atomic E-state index is 12.0. The fraction of sp³-hybridized carbons (Fsp3) is 0.538. The van der Waals surface area contributed by atoms with Crippen molar-refractivity contribution in [3.63, 3.8) is 0 Å². The second-order valence-corrected chi connectivity index (χ2v) is 4.96. The molecule has 1 amide bonds. The summed E-state index contributed by atoms with van der Waals surface area (Å²) in [7, 11) is 0. The molecule has 0 unspecified atom stereocenters. The molecule has 1 aromatic heterocycles. The Morgan fingerprint density at radius 1 is 1.44 bits per heavy atom. The Bertz CT molecular complexity index is 459. The van der Waals surface area contributed by atoms with Gasteiger partial charge in [0.1, 0.15) is 5.69 Å². The summed E-state index contributed by atoms with van der Waals surface area (Å²) in [5.74, 6) is -0.346. The van der Waals surface area contributed by atoms with E-state index >= 15 is 0 Å². The van der Waals surface area contributed by atoms with E-state index in [4.69, 9.17) is 0 Å². The van der Waals surface area contributed by atoms with Crippen LogP contribution >= 0.6 is 0 Å². The lowest BCUT2D eigenvalue weighted by molar-refractivity contribution is 0.0834. The van der Waals surface area contributed by atoms with Gasteiger partial charge in [-0.3, -0.25) is 9.59 Å². The number of hydrogen-bond donors (Lipinski definition) is 3. The monoisotopic (exact) mass is 250 g/mol. The average Bonchev–Trinajstić information content (AvgIpc) is 2.98. The van der Waals surface area contributed by atoms with Crippen molar-refractivity contribution < 1.29 is 14.7 Å². The third-order valence-corrected chi connectivity index (χ3v) is 3.58. The Morgan fingerprint density at radius 2 is 2.11 bits per heavy atom. The smallest absolute Gasteiger partial charge is 0.268 e. The highest BCUT2D eigenvalue weighted by molar-refractivity contribution is 5.99. The number of aromatic amines is 1. The first kappa shape index (κ1) is 12.8. The highest BCUT2D eigenvalue weighted by Crippen LogP contribution is 2.29. The van der Waals surface area contributed by atoms with E-state index in [0.29, 0.717) is 11.3 Å². The first-order valence-corrected chi connectivity index (χ1v) is 6.19. The molecule has 1 fully saturated rings. The summed E-state index contributed by atoms with van der Waals surface area (Å²) in [6, 6.07) is 1.54. The number of carbonyl (C=O) groups is 2. The van der Waals surface area contributed by atoms with Crippen molar-refractivity contribution in [1.29, 1.82) is 0 Å². The van der Waals surface area contributed by atoms with E-state index in [2.05, 4.69) is 10.3 Å². The molecule has 0 spiro atoms. The van der Waals surface area contributed by atoms with Gasteiger partial charge in [0.25, 0.3) is 5.91 Å². The number of aromatic nitrogens is 1. The molecule has 18 heavy (non-hydrogen) atoms. The van der Waals surface area contributed by atoms with Crippen LogP contribution in [0.25, 0.3) is 0 Å².